The fourth-order valence-electron chi connectivity index (χ4n) is 2.26. The van der Waals surface area contributed by atoms with Gasteiger partial charge < -0.3 is 14.8 Å². The lowest BCUT2D eigenvalue weighted by molar-refractivity contribution is -0.385. The Kier molecular flexibility index (Phi) is 5.03. The third-order valence-corrected chi connectivity index (χ3v) is 3.65. The molecule has 0 fully saturated rings. The number of carbonyl (C=O) groups excluding carboxylic acids is 1. The first-order chi connectivity index (χ1) is 11.4. The monoisotopic (exact) mass is 330 g/mol. The second kappa shape index (κ2) is 6.99. The van der Waals surface area contributed by atoms with E-state index in [1.54, 1.807) is 31.2 Å². The van der Waals surface area contributed by atoms with Crippen LogP contribution in [0.15, 0.2) is 30.3 Å². The maximum Gasteiger partial charge on any atom is 0.273 e. The van der Waals surface area contributed by atoms with E-state index >= 15 is 0 Å². The normalized spacial score (nSPS) is 10.2. The van der Waals surface area contributed by atoms with E-state index in [0.717, 1.165) is 5.56 Å². The third kappa shape index (κ3) is 3.45. The van der Waals surface area contributed by atoms with Crippen molar-refractivity contribution in [1.29, 1.82) is 0 Å². The highest BCUT2D eigenvalue weighted by atomic mass is 16.6. The Balaban J connectivity index is 2.33. The van der Waals surface area contributed by atoms with Crippen LogP contribution in [0.4, 0.5) is 11.4 Å². The lowest BCUT2D eigenvalue weighted by Gasteiger charge is -2.13. The topological polar surface area (TPSA) is 90.7 Å². The molecule has 0 bridgehead atoms. The number of anilines is 1. The van der Waals surface area contributed by atoms with Gasteiger partial charge in [-0.15, -0.1) is 0 Å². The molecule has 0 aliphatic rings. The summed E-state index contributed by atoms with van der Waals surface area (Å²) in [6.45, 7) is 3.44. The molecule has 1 amide bonds. The van der Waals surface area contributed by atoms with E-state index in [4.69, 9.17) is 9.47 Å². The SMILES string of the molecule is COc1cc(C)c(NC(=O)c2ccc(C)c([N+](=O)[O-])c2)cc1OC. The number of hydrogen-bond acceptors (Lipinski definition) is 5. The van der Waals surface area contributed by atoms with E-state index < -0.39 is 10.8 Å². The number of benzene rings is 2. The molecule has 126 valence electrons. The standard InChI is InChI=1S/C17H18N2O5/c1-10-5-6-12(8-14(10)19(21)22)17(20)18-13-9-16(24-4)15(23-3)7-11(13)2/h5-9H,1-4H3,(H,18,20). The average Bonchev–Trinajstić information content (AvgIpc) is 2.56. The Bertz CT molecular complexity index is 802. The van der Waals surface area contributed by atoms with Crippen LogP contribution in [0.25, 0.3) is 0 Å². The van der Waals surface area contributed by atoms with Gasteiger partial charge in [0.15, 0.2) is 11.5 Å². The van der Waals surface area contributed by atoms with Gasteiger partial charge in [0, 0.05) is 28.9 Å². The van der Waals surface area contributed by atoms with Crippen molar-refractivity contribution in [3.63, 3.8) is 0 Å². The van der Waals surface area contributed by atoms with E-state index in [9.17, 15) is 14.9 Å². The molecule has 0 unspecified atom stereocenters. The molecule has 0 saturated heterocycles. The fraction of sp³-hybridized carbons (Fsp3) is 0.235. The largest absolute Gasteiger partial charge is 0.493 e. The van der Waals surface area contributed by atoms with Gasteiger partial charge in [0.1, 0.15) is 0 Å². The average molecular weight is 330 g/mol. The molecule has 24 heavy (non-hydrogen) atoms. The van der Waals surface area contributed by atoms with Crippen LogP contribution < -0.4 is 14.8 Å². The summed E-state index contributed by atoms with van der Waals surface area (Å²) in [6.07, 6.45) is 0. The van der Waals surface area contributed by atoms with Crippen molar-refractivity contribution in [2.75, 3.05) is 19.5 Å². The first kappa shape index (κ1) is 17.3. The minimum atomic E-state index is -0.506. The van der Waals surface area contributed by atoms with Crippen molar-refractivity contribution in [2.45, 2.75) is 13.8 Å². The number of hydrogen-bond donors (Lipinski definition) is 1. The van der Waals surface area contributed by atoms with Gasteiger partial charge in [-0.25, -0.2) is 0 Å². The highest BCUT2D eigenvalue weighted by Gasteiger charge is 2.16. The predicted molar refractivity (Wildman–Crippen MR) is 90.1 cm³/mol. The molecule has 0 saturated carbocycles. The van der Waals surface area contributed by atoms with Gasteiger partial charge in [0.25, 0.3) is 11.6 Å². The number of ether oxygens (including phenoxy) is 2. The highest BCUT2D eigenvalue weighted by molar-refractivity contribution is 6.05. The van der Waals surface area contributed by atoms with Crippen molar-refractivity contribution >= 4 is 17.3 Å². The molecule has 0 heterocycles. The molecule has 0 atom stereocenters. The first-order valence-electron chi connectivity index (χ1n) is 7.16. The molecule has 0 aliphatic carbocycles. The number of nitrogens with one attached hydrogen (secondary N) is 1. The Morgan fingerprint density at radius 3 is 2.25 bits per heavy atom. The fourth-order valence-corrected chi connectivity index (χ4v) is 2.26. The second-order valence-electron chi connectivity index (χ2n) is 5.23. The zero-order valence-corrected chi connectivity index (χ0v) is 13.9. The van der Waals surface area contributed by atoms with Crippen LogP contribution in [0, 0.1) is 24.0 Å². The summed E-state index contributed by atoms with van der Waals surface area (Å²) in [5, 5.41) is 13.7. The van der Waals surface area contributed by atoms with E-state index in [-0.39, 0.29) is 11.3 Å². The lowest BCUT2D eigenvalue weighted by Crippen LogP contribution is -2.13. The smallest absolute Gasteiger partial charge is 0.273 e. The number of methoxy groups -OCH3 is 2. The summed E-state index contributed by atoms with van der Waals surface area (Å²) in [6, 6.07) is 7.75. The number of nitro benzene ring substituents is 1. The molecule has 0 radical (unpaired) electrons. The number of aryl methyl sites for hydroxylation is 2. The summed E-state index contributed by atoms with van der Waals surface area (Å²) in [7, 11) is 3.03. The first-order valence-corrected chi connectivity index (χ1v) is 7.16. The van der Waals surface area contributed by atoms with Crippen molar-refractivity contribution in [3.8, 4) is 11.5 Å². The molecule has 1 N–H and O–H groups in total. The maximum atomic E-state index is 12.4. The maximum absolute atomic E-state index is 12.4. The number of rotatable bonds is 5. The van der Waals surface area contributed by atoms with Crippen LogP contribution in [-0.4, -0.2) is 25.1 Å². The van der Waals surface area contributed by atoms with Crippen molar-refractivity contribution in [1.82, 2.24) is 0 Å². The van der Waals surface area contributed by atoms with Crippen molar-refractivity contribution < 1.29 is 19.2 Å². The number of nitro groups is 1. The van der Waals surface area contributed by atoms with Crippen LogP contribution in [0.5, 0.6) is 11.5 Å². The van der Waals surface area contributed by atoms with Crippen LogP contribution in [0.1, 0.15) is 21.5 Å². The van der Waals surface area contributed by atoms with Crippen molar-refractivity contribution in [3.05, 3.63) is 57.1 Å². The molecule has 7 heteroatoms. The van der Waals surface area contributed by atoms with E-state index in [0.29, 0.717) is 22.7 Å². The molecule has 0 aromatic heterocycles. The molecule has 0 spiro atoms. The van der Waals surface area contributed by atoms with Crippen molar-refractivity contribution in [2.24, 2.45) is 0 Å². The molecular weight excluding hydrogens is 312 g/mol. The predicted octanol–water partition coefficient (Wildman–Crippen LogP) is 3.48. The number of amides is 1. The van der Waals surface area contributed by atoms with Gasteiger partial charge in [0.05, 0.1) is 19.1 Å². The quantitative estimate of drug-likeness (QED) is 0.669. The van der Waals surface area contributed by atoms with Gasteiger partial charge in [-0.05, 0) is 31.5 Å². The van der Waals surface area contributed by atoms with E-state index in [1.165, 1.54) is 20.3 Å². The second-order valence-corrected chi connectivity index (χ2v) is 5.23. The van der Waals surface area contributed by atoms with Crippen LogP contribution in [-0.2, 0) is 0 Å². The minimum absolute atomic E-state index is 0.0910. The highest BCUT2D eigenvalue weighted by Crippen LogP contribution is 2.33. The zero-order valence-electron chi connectivity index (χ0n) is 13.9. The van der Waals surface area contributed by atoms with Crippen LogP contribution in [0.2, 0.25) is 0 Å². The number of carbonyl (C=O) groups is 1. The number of nitrogens with zero attached hydrogens (tertiary/aromatic N) is 1. The summed E-state index contributed by atoms with van der Waals surface area (Å²) in [5.41, 5.74) is 1.94. The van der Waals surface area contributed by atoms with E-state index in [2.05, 4.69) is 5.32 Å². The van der Waals surface area contributed by atoms with Gasteiger partial charge in [-0.1, -0.05) is 6.07 Å². The van der Waals surface area contributed by atoms with Gasteiger partial charge in [-0.3, -0.25) is 14.9 Å². The summed E-state index contributed by atoms with van der Waals surface area (Å²) >= 11 is 0. The van der Waals surface area contributed by atoms with Gasteiger partial charge in [0.2, 0.25) is 0 Å². The molecule has 2 aromatic carbocycles. The Morgan fingerprint density at radius 1 is 1.04 bits per heavy atom. The summed E-state index contributed by atoms with van der Waals surface area (Å²) in [4.78, 5) is 22.9. The van der Waals surface area contributed by atoms with Gasteiger partial charge in [-0.2, -0.15) is 0 Å². The zero-order chi connectivity index (χ0) is 17.9. The molecule has 7 nitrogen and oxygen atoms in total. The minimum Gasteiger partial charge on any atom is -0.493 e. The molecule has 2 rings (SSSR count). The Morgan fingerprint density at radius 2 is 1.67 bits per heavy atom. The molecule has 2 aromatic rings. The summed E-state index contributed by atoms with van der Waals surface area (Å²) in [5.74, 6) is 0.598. The Hall–Kier alpha value is -3.09. The Labute approximate surface area is 139 Å². The van der Waals surface area contributed by atoms with Crippen LogP contribution >= 0.6 is 0 Å². The van der Waals surface area contributed by atoms with E-state index in [1.807, 2.05) is 6.92 Å². The summed E-state index contributed by atoms with van der Waals surface area (Å²) < 4.78 is 10.4. The van der Waals surface area contributed by atoms with Gasteiger partial charge >= 0.3 is 0 Å². The third-order valence-electron chi connectivity index (χ3n) is 3.65. The molecule has 0 aliphatic heterocycles. The molecular formula is C17H18N2O5. The van der Waals surface area contributed by atoms with Crippen LogP contribution in [0.3, 0.4) is 0 Å². The lowest BCUT2D eigenvalue weighted by atomic mass is 10.1.